The Balaban J connectivity index is 1.59. The fraction of sp³-hybridized carbons (Fsp3) is 0.333. The Hall–Kier alpha value is -2.43. The van der Waals surface area contributed by atoms with Crippen LogP contribution in [0.4, 0.5) is 10.1 Å². The van der Waals surface area contributed by atoms with E-state index < -0.39 is 0 Å². The van der Waals surface area contributed by atoms with Crippen molar-refractivity contribution in [2.45, 2.75) is 30.5 Å². The van der Waals surface area contributed by atoms with Crippen molar-refractivity contribution in [3.8, 4) is 10.4 Å². The molecule has 3 N–H and O–H groups in total. The predicted octanol–water partition coefficient (Wildman–Crippen LogP) is 4.51. The van der Waals surface area contributed by atoms with Crippen LogP contribution in [-0.2, 0) is 4.79 Å². The number of nitrogens with zero attached hydrogens (tertiary/aromatic N) is 3. The molecule has 2 amide bonds. The van der Waals surface area contributed by atoms with Crippen LogP contribution in [0.25, 0.3) is 10.4 Å². The van der Waals surface area contributed by atoms with Crippen LogP contribution in [0.3, 0.4) is 0 Å². The fourth-order valence-corrected chi connectivity index (χ4v) is 6.20. The van der Waals surface area contributed by atoms with Crippen LogP contribution in [0, 0.1) is 6.92 Å². The summed E-state index contributed by atoms with van der Waals surface area (Å²) in [7, 11) is 0. The zero-order valence-corrected chi connectivity index (χ0v) is 19.5. The second kappa shape index (κ2) is 9.80. The molecule has 1 aromatic carbocycles. The molecule has 7 nitrogen and oxygen atoms in total. The van der Waals surface area contributed by atoms with Crippen LogP contribution in [0.1, 0.15) is 35.2 Å². The minimum Gasteiger partial charge on any atom is -0.374 e. The molecule has 3 aromatic rings. The number of carbonyl (C=O) groups is 2. The molecule has 4 rings (SSSR count). The summed E-state index contributed by atoms with van der Waals surface area (Å²) in [5.41, 5.74) is 8.15. The number of thiophene rings is 1. The smallest absolute Gasteiger partial charge is 0.257 e. The van der Waals surface area contributed by atoms with Crippen LogP contribution in [-0.4, -0.2) is 45.8 Å². The molecule has 0 saturated carbocycles. The van der Waals surface area contributed by atoms with Gasteiger partial charge < -0.3 is 16.0 Å². The minimum absolute atomic E-state index is 0.00418. The number of thioether (sulfide) groups is 1. The number of carbonyl (C=O) groups excluding carboxylic acids is 2. The molecule has 0 atom stereocenters. The second-order valence-electron chi connectivity index (χ2n) is 7.22. The van der Waals surface area contributed by atoms with E-state index in [0.717, 1.165) is 48.4 Å². The van der Waals surface area contributed by atoms with Crippen LogP contribution in [0.2, 0.25) is 0 Å². The maximum absolute atomic E-state index is 13.4. The zero-order chi connectivity index (χ0) is 21.8. The third-order valence-electron chi connectivity index (χ3n) is 5.04. The first-order chi connectivity index (χ1) is 15.0. The van der Waals surface area contributed by atoms with Gasteiger partial charge >= 0.3 is 0 Å². The molecule has 1 fully saturated rings. The molecule has 1 saturated heterocycles. The van der Waals surface area contributed by atoms with Crippen molar-refractivity contribution in [3.05, 3.63) is 41.5 Å². The van der Waals surface area contributed by atoms with Crippen LogP contribution >= 0.6 is 34.4 Å². The van der Waals surface area contributed by atoms with Crippen LogP contribution < -0.4 is 11.1 Å². The van der Waals surface area contributed by atoms with E-state index in [9.17, 15) is 9.59 Å². The van der Waals surface area contributed by atoms with Crippen LogP contribution in [0.5, 0.6) is 0 Å². The molecule has 31 heavy (non-hydrogen) atoms. The monoisotopic (exact) mass is 473 g/mol. The van der Waals surface area contributed by atoms with Crippen LogP contribution in [0.15, 0.2) is 34.7 Å². The molecule has 1 aliphatic rings. The lowest BCUT2D eigenvalue weighted by atomic mass is 10.0. The Labute approximate surface area is 193 Å². The SMILES string of the molecule is Cc1c(-c2ccccc2)sc(NC(=O)CSc2nnc(N)s2)c1C(=O)N1CCCCC1. The van der Waals surface area contributed by atoms with Gasteiger partial charge in [0.1, 0.15) is 5.00 Å². The van der Waals surface area contributed by atoms with Gasteiger partial charge in [0.2, 0.25) is 11.0 Å². The van der Waals surface area contributed by atoms with Crippen molar-refractivity contribution < 1.29 is 9.59 Å². The summed E-state index contributed by atoms with van der Waals surface area (Å²) < 4.78 is 0.643. The average Bonchev–Trinajstić information content (AvgIpc) is 3.35. The summed E-state index contributed by atoms with van der Waals surface area (Å²) in [5, 5.41) is 11.6. The highest BCUT2D eigenvalue weighted by Gasteiger charge is 2.27. The van der Waals surface area contributed by atoms with Gasteiger partial charge in [0.05, 0.1) is 11.3 Å². The molecule has 0 unspecified atom stereocenters. The second-order valence-corrected chi connectivity index (χ2v) is 10.5. The molecule has 0 radical (unpaired) electrons. The van der Waals surface area contributed by atoms with E-state index in [2.05, 4.69) is 15.5 Å². The lowest BCUT2D eigenvalue weighted by molar-refractivity contribution is -0.113. The Morgan fingerprint density at radius 1 is 1.13 bits per heavy atom. The first kappa shape index (κ1) is 21.8. The van der Waals surface area contributed by atoms with Crippen molar-refractivity contribution >= 4 is 56.4 Å². The highest BCUT2D eigenvalue weighted by molar-refractivity contribution is 8.01. The van der Waals surface area contributed by atoms with E-state index in [4.69, 9.17) is 5.73 Å². The standard InChI is InChI=1S/C21H23N5O2S3/c1-13-16(19(28)26-10-6-3-7-11-26)18(30-17(13)14-8-4-2-5-9-14)23-15(27)12-29-21-25-24-20(22)31-21/h2,4-5,8-9H,3,6-7,10-12H2,1H3,(H2,22,24)(H,23,27). The summed E-state index contributed by atoms with van der Waals surface area (Å²) in [6, 6.07) is 9.96. The number of aromatic nitrogens is 2. The van der Waals surface area contributed by atoms with Crippen molar-refractivity contribution in [1.29, 1.82) is 0 Å². The number of likely N-dealkylation sites (tertiary alicyclic amines) is 1. The zero-order valence-electron chi connectivity index (χ0n) is 17.1. The largest absolute Gasteiger partial charge is 0.374 e. The van der Waals surface area contributed by atoms with Gasteiger partial charge in [-0.2, -0.15) is 0 Å². The third-order valence-corrected chi connectivity index (χ3v) is 8.18. The van der Waals surface area contributed by atoms with Gasteiger partial charge in [-0.3, -0.25) is 9.59 Å². The Morgan fingerprint density at radius 2 is 1.87 bits per heavy atom. The normalized spacial score (nSPS) is 13.9. The summed E-state index contributed by atoms with van der Waals surface area (Å²) in [4.78, 5) is 29.0. The summed E-state index contributed by atoms with van der Waals surface area (Å²) >= 11 is 3.98. The number of benzene rings is 1. The number of hydrogen-bond acceptors (Lipinski definition) is 8. The Morgan fingerprint density at radius 3 is 2.55 bits per heavy atom. The first-order valence-corrected chi connectivity index (χ1v) is 12.6. The predicted molar refractivity (Wildman–Crippen MR) is 128 cm³/mol. The number of anilines is 2. The molecular weight excluding hydrogens is 450 g/mol. The maximum Gasteiger partial charge on any atom is 0.257 e. The lowest BCUT2D eigenvalue weighted by Gasteiger charge is -2.27. The lowest BCUT2D eigenvalue weighted by Crippen LogP contribution is -2.36. The highest BCUT2D eigenvalue weighted by atomic mass is 32.2. The quantitative estimate of drug-likeness (QED) is 0.511. The molecular formula is C21H23N5O2S3. The number of piperidine rings is 1. The average molecular weight is 474 g/mol. The van der Waals surface area contributed by atoms with E-state index in [1.54, 1.807) is 0 Å². The van der Waals surface area contributed by atoms with Gasteiger partial charge in [-0.25, -0.2) is 0 Å². The topological polar surface area (TPSA) is 101 Å². The Kier molecular flexibility index (Phi) is 6.89. The van der Waals surface area contributed by atoms with E-state index in [0.29, 0.717) is 20.0 Å². The van der Waals surface area contributed by atoms with Gasteiger partial charge in [-0.1, -0.05) is 53.4 Å². The number of rotatable bonds is 6. The molecule has 0 spiro atoms. The molecule has 3 heterocycles. The van der Waals surface area contributed by atoms with Crippen molar-refractivity contribution in [3.63, 3.8) is 0 Å². The minimum atomic E-state index is -0.188. The molecule has 0 bridgehead atoms. The number of hydrogen-bond donors (Lipinski definition) is 2. The van der Waals surface area contributed by atoms with Gasteiger partial charge in [-0.15, -0.1) is 21.5 Å². The van der Waals surface area contributed by atoms with Gasteiger partial charge in [0.15, 0.2) is 4.34 Å². The summed E-state index contributed by atoms with van der Waals surface area (Å²) in [6.07, 6.45) is 3.19. The number of nitrogens with two attached hydrogens (primary N) is 1. The molecule has 162 valence electrons. The van der Waals surface area contributed by atoms with Crippen molar-refractivity contribution in [2.75, 3.05) is 29.9 Å². The highest BCUT2D eigenvalue weighted by Crippen LogP contribution is 2.41. The van der Waals surface area contributed by atoms with E-state index in [1.807, 2.05) is 42.2 Å². The van der Waals surface area contributed by atoms with E-state index >= 15 is 0 Å². The molecule has 1 aliphatic heterocycles. The van der Waals surface area contributed by atoms with E-state index in [1.165, 1.54) is 34.4 Å². The van der Waals surface area contributed by atoms with Crippen molar-refractivity contribution in [1.82, 2.24) is 15.1 Å². The van der Waals surface area contributed by atoms with E-state index in [-0.39, 0.29) is 17.6 Å². The molecule has 10 heteroatoms. The van der Waals surface area contributed by atoms with Crippen molar-refractivity contribution in [2.24, 2.45) is 0 Å². The third kappa shape index (κ3) is 5.08. The number of nitrogen functional groups attached to an aromatic ring is 1. The number of nitrogens with one attached hydrogen (secondary N) is 1. The fourth-order valence-electron chi connectivity index (χ4n) is 3.55. The van der Waals surface area contributed by atoms with Gasteiger partial charge in [0, 0.05) is 18.0 Å². The first-order valence-electron chi connectivity index (χ1n) is 10.0. The summed E-state index contributed by atoms with van der Waals surface area (Å²) in [6.45, 7) is 3.48. The van der Waals surface area contributed by atoms with Gasteiger partial charge in [-0.05, 0) is 37.3 Å². The summed E-state index contributed by atoms with van der Waals surface area (Å²) in [5.74, 6) is -0.0216. The number of amides is 2. The molecule has 2 aromatic heterocycles. The molecule has 0 aliphatic carbocycles. The maximum atomic E-state index is 13.4. The van der Waals surface area contributed by atoms with Gasteiger partial charge in [0.25, 0.3) is 5.91 Å². The Bertz CT molecular complexity index is 1070.